The highest BCUT2D eigenvalue weighted by Gasteiger charge is 2.09. The lowest BCUT2D eigenvalue weighted by atomic mass is 10.2. The first-order chi connectivity index (χ1) is 13.4. The Bertz CT molecular complexity index is 1060. The van der Waals surface area contributed by atoms with Crippen LogP contribution in [0.15, 0.2) is 59.5 Å². The molecule has 7 heteroatoms. The number of carbonyl (C=O) groups is 2. The fraction of sp³-hybridized carbons (Fsp3) is 0.238. The molecule has 0 atom stereocenters. The summed E-state index contributed by atoms with van der Waals surface area (Å²) in [5.41, 5.74) is 1.71. The number of nitrogens with zero attached hydrogens (tertiary/aromatic N) is 2. The summed E-state index contributed by atoms with van der Waals surface area (Å²) in [6.45, 7) is 4.14. The van der Waals surface area contributed by atoms with Gasteiger partial charge in [0.25, 0.3) is 5.91 Å². The molecule has 0 saturated heterocycles. The largest absolute Gasteiger partial charge is 0.350 e. The molecular formula is C21H22N4O3. The summed E-state index contributed by atoms with van der Waals surface area (Å²) >= 11 is 0. The van der Waals surface area contributed by atoms with Crippen molar-refractivity contribution in [2.24, 2.45) is 0 Å². The first kappa shape index (κ1) is 19.3. The van der Waals surface area contributed by atoms with Crippen LogP contribution in [0.1, 0.15) is 30.6 Å². The quantitative estimate of drug-likeness (QED) is 0.689. The van der Waals surface area contributed by atoms with Gasteiger partial charge in [0.05, 0.1) is 18.3 Å². The highest BCUT2D eigenvalue weighted by molar-refractivity contribution is 5.96. The maximum absolute atomic E-state index is 12.3. The predicted molar refractivity (Wildman–Crippen MR) is 108 cm³/mol. The lowest BCUT2D eigenvalue weighted by molar-refractivity contribution is -0.116. The third kappa shape index (κ3) is 4.62. The molecule has 1 aromatic heterocycles. The van der Waals surface area contributed by atoms with E-state index in [2.05, 4.69) is 15.7 Å². The van der Waals surface area contributed by atoms with Crippen LogP contribution in [-0.4, -0.2) is 27.6 Å². The smallest absolute Gasteiger partial charge is 0.251 e. The zero-order chi connectivity index (χ0) is 20.1. The molecule has 0 aliphatic heterocycles. The maximum Gasteiger partial charge on any atom is 0.251 e. The van der Waals surface area contributed by atoms with E-state index in [4.69, 9.17) is 0 Å². The number of hydrogen-bond acceptors (Lipinski definition) is 4. The molecule has 0 fully saturated rings. The van der Waals surface area contributed by atoms with Gasteiger partial charge >= 0.3 is 0 Å². The van der Waals surface area contributed by atoms with Crippen molar-refractivity contribution in [2.75, 3.05) is 5.32 Å². The second-order valence-electron chi connectivity index (χ2n) is 6.75. The van der Waals surface area contributed by atoms with E-state index in [0.717, 1.165) is 0 Å². The van der Waals surface area contributed by atoms with Gasteiger partial charge in [-0.25, -0.2) is 0 Å². The number of aryl methyl sites for hydroxylation is 1. The van der Waals surface area contributed by atoms with Crippen molar-refractivity contribution < 1.29 is 9.59 Å². The van der Waals surface area contributed by atoms with Gasteiger partial charge in [-0.1, -0.05) is 12.1 Å². The number of fused-ring (bicyclic) bond motifs is 1. The molecule has 28 heavy (non-hydrogen) atoms. The fourth-order valence-electron chi connectivity index (χ4n) is 2.82. The van der Waals surface area contributed by atoms with Crippen LogP contribution in [0.4, 0.5) is 5.69 Å². The molecule has 0 aliphatic rings. The lowest BCUT2D eigenvalue weighted by Crippen LogP contribution is -2.30. The van der Waals surface area contributed by atoms with Crippen LogP contribution in [0.3, 0.4) is 0 Å². The van der Waals surface area contributed by atoms with Gasteiger partial charge in [0.15, 0.2) is 0 Å². The normalized spacial score (nSPS) is 10.8. The van der Waals surface area contributed by atoms with Crippen LogP contribution >= 0.6 is 0 Å². The third-order valence-corrected chi connectivity index (χ3v) is 4.16. The lowest BCUT2D eigenvalue weighted by Gasteiger charge is -2.11. The Balaban J connectivity index is 1.61. The summed E-state index contributed by atoms with van der Waals surface area (Å²) in [6, 6.07) is 14.0. The van der Waals surface area contributed by atoms with Gasteiger partial charge in [-0.05, 0) is 50.2 Å². The van der Waals surface area contributed by atoms with Crippen LogP contribution in [0.5, 0.6) is 0 Å². The van der Waals surface area contributed by atoms with E-state index in [-0.39, 0.29) is 29.7 Å². The summed E-state index contributed by atoms with van der Waals surface area (Å²) in [5.74, 6) is -0.326. The number of benzene rings is 2. The number of amides is 2. The Hall–Kier alpha value is -3.48. The van der Waals surface area contributed by atoms with Gasteiger partial charge in [-0.2, -0.15) is 5.10 Å². The molecule has 1 heterocycles. The van der Waals surface area contributed by atoms with E-state index >= 15 is 0 Å². The Morgan fingerprint density at radius 1 is 1.07 bits per heavy atom. The molecule has 144 valence electrons. The summed E-state index contributed by atoms with van der Waals surface area (Å²) in [5, 5.41) is 10.3. The van der Waals surface area contributed by atoms with E-state index in [0.29, 0.717) is 28.7 Å². The molecule has 3 rings (SSSR count). The van der Waals surface area contributed by atoms with E-state index in [1.807, 2.05) is 26.0 Å². The van der Waals surface area contributed by atoms with Crippen molar-refractivity contribution in [2.45, 2.75) is 32.9 Å². The van der Waals surface area contributed by atoms with Crippen molar-refractivity contribution in [1.29, 1.82) is 0 Å². The first-order valence-electron chi connectivity index (χ1n) is 9.09. The van der Waals surface area contributed by atoms with Crippen LogP contribution < -0.4 is 16.1 Å². The van der Waals surface area contributed by atoms with Crippen molar-refractivity contribution in [3.8, 4) is 0 Å². The molecule has 0 unspecified atom stereocenters. The van der Waals surface area contributed by atoms with Crippen molar-refractivity contribution in [1.82, 2.24) is 15.1 Å². The molecule has 0 aliphatic carbocycles. The molecule has 2 amide bonds. The molecule has 2 N–H and O–H groups in total. The van der Waals surface area contributed by atoms with Crippen molar-refractivity contribution in [3.05, 3.63) is 70.5 Å². The number of hydrogen-bond donors (Lipinski definition) is 2. The van der Waals surface area contributed by atoms with Crippen molar-refractivity contribution >= 4 is 28.4 Å². The van der Waals surface area contributed by atoms with Gasteiger partial charge in [0, 0.05) is 29.1 Å². The second kappa shape index (κ2) is 8.47. The Morgan fingerprint density at radius 2 is 1.79 bits per heavy atom. The maximum atomic E-state index is 12.3. The Labute approximate surface area is 162 Å². The number of carbonyl (C=O) groups excluding carboxylic acids is 2. The number of anilines is 1. The number of nitrogens with one attached hydrogen (secondary N) is 2. The number of para-hydroxylation sites is 1. The molecule has 2 aromatic carbocycles. The molecule has 3 aromatic rings. The molecule has 7 nitrogen and oxygen atoms in total. The fourth-order valence-corrected chi connectivity index (χ4v) is 2.82. The number of rotatable bonds is 6. The van der Waals surface area contributed by atoms with Gasteiger partial charge in [-0.15, -0.1) is 0 Å². The molecule has 0 saturated carbocycles. The summed E-state index contributed by atoms with van der Waals surface area (Å²) in [6.07, 6.45) is 1.47. The zero-order valence-corrected chi connectivity index (χ0v) is 15.8. The van der Waals surface area contributed by atoms with Crippen LogP contribution in [-0.2, 0) is 11.3 Å². The predicted octanol–water partition coefficient (Wildman–Crippen LogP) is 2.56. The third-order valence-electron chi connectivity index (χ3n) is 4.16. The standard InChI is InChI=1S/C21H22N4O3/c1-14(2)23-21(28)15-7-9-16(10-8-15)24-20(27)11-12-25-18-6-4-3-5-17(18)19(26)13-22-25/h3-10,13-14H,11-12H2,1-2H3,(H,23,28)(H,24,27). The summed E-state index contributed by atoms with van der Waals surface area (Å²) in [7, 11) is 0. The van der Waals surface area contributed by atoms with Crippen LogP contribution in [0, 0.1) is 0 Å². The average molecular weight is 378 g/mol. The van der Waals surface area contributed by atoms with Gasteiger partial charge in [0.2, 0.25) is 11.3 Å². The average Bonchev–Trinajstić information content (AvgIpc) is 2.68. The van der Waals surface area contributed by atoms with E-state index < -0.39 is 0 Å². The zero-order valence-electron chi connectivity index (χ0n) is 15.8. The van der Waals surface area contributed by atoms with Crippen molar-refractivity contribution in [3.63, 3.8) is 0 Å². The highest BCUT2D eigenvalue weighted by Crippen LogP contribution is 2.12. The highest BCUT2D eigenvalue weighted by atomic mass is 16.2. The molecular weight excluding hydrogens is 356 g/mol. The Kier molecular flexibility index (Phi) is 5.84. The molecule has 0 bridgehead atoms. The molecule has 0 spiro atoms. The van der Waals surface area contributed by atoms with Crippen LogP contribution in [0.2, 0.25) is 0 Å². The minimum atomic E-state index is -0.177. The second-order valence-corrected chi connectivity index (χ2v) is 6.75. The SMILES string of the molecule is CC(C)NC(=O)c1ccc(NC(=O)CCn2ncc(=O)c3ccccc32)cc1. The minimum Gasteiger partial charge on any atom is -0.350 e. The molecule has 0 radical (unpaired) electrons. The van der Waals surface area contributed by atoms with Gasteiger partial charge in [-0.3, -0.25) is 19.1 Å². The topological polar surface area (TPSA) is 93.1 Å². The monoisotopic (exact) mass is 378 g/mol. The number of aromatic nitrogens is 2. The summed E-state index contributed by atoms with van der Waals surface area (Å²) in [4.78, 5) is 36.1. The van der Waals surface area contributed by atoms with E-state index in [1.54, 1.807) is 41.1 Å². The van der Waals surface area contributed by atoms with E-state index in [9.17, 15) is 14.4 Å². The van der Waals surface area contributed by atoms with Gasteiger partial charge < -0.3 is 10.6 Å². The van der Waals surface area contributed by atoms with E-state index in [1.165, 1.54) is 6.20 Å². The first-order valence-corrected chi connectivity index (χ1v) is 9.09. The van der Waals surface area contributed by atoms with Crippen LogP contribution in [0.25, 0.3) is 10.9 Å². The Morgan fingerprint density at radius 3 is 2.50 bits per heavy atom. The summed E-state index contributed by atoms with van der Waals surface area (Å²) < 4.78 is 1.65. The van der Waals surface area contributed by atoms with Gasteiger partial charge in [0.1, 0.15) is 0 Å². The minimum absolute atomic E-state index is 0.0600.